The van der Waals surface area contributed by atoms with Crippen LogP contribution >= 0.6 is 0 Å². The van der Waals surface area contributed by atoms with Crippen molar-refractivity contribution in [2.24, 2.45) is 11.8 Å². The molecule has 0 saturated carbocycles. The number of carbonyl (C=O) groups is 2. The summed E-state index contributed by atoms with van der Waals surface area (Å²) in [7, 11) is 1.75. The van der Waals surface area contributed by atoms with Crippen LogP contribution in [0, 0.1) is 11.8 Å². The van der Waals surface area contributed by atoms with Gasteiger partial charge in [0.05, 0.1) is 0 Å². The third-order valence-electron chi connectivity index (χ3n) is 3.23. The minimum absolute atomic E-state index is 0.0554. The average Bonchev–Trinajstić information content (AvgIpc) is 2.39. The van der Waals surface area contributed by atoms with Crippen LogP contribution in [0.5, 0.6) is 0 Å². The van der Waals surface area contributed by atoms with Crippen molar-refractivity contribution in [1.82, 2.24) is 4.90 Å². The predicted octanol–water partition coefficient (Wildman–Crippen LogP) is 2.55. The minimum Gasteiger partial charge on any atom is -0.348 e. The number of Topliss-reactive ketones (excluding diaryl/α,β-unsaturated/α-hetero) is 1. The average molecular weight is 261 g/mol. The predicted molar refractivity (Wildman–Crippen MR) is 76.8 cm³/mol. The topological polar surface area (TPSA) is 37.4 Å². The summed E-state index contributed by atoms with van der Waals surface area (Å²) in [5, 5.41) is 0. The van der Waals surface area contributed by atoms with Gasteiger partial charge in [0.1, 0.15) is 5.78 Å². The summed E-state index contributed by atoms with van der Waals surface area (Å²) >= 11 is 0. The summed E-state index contributed by atoms with van der Waals surface area (Å²) < 4.78 is 0. The number of hydrogen-bond donors (Lipinski definition) is 0. The molecule has 0 saturated heterocycles. The maximum Gasteiger partial charge on any atom is 0.209 e. The smallest absolute Gasteiger partial charge is 0.209 e. The van der Waals surface area contributed by atoms with Gasteiger partial charge in [0.2, 0.25) is 6.41 Å². The number of ketones is 1. The number of hydrogen-bond acceptors (Lipinski definition) is 2. The summed E-state index contributed by atoms with van der Waals surface area (Å²) in [6, 6.07) is 10.1. The van der Waals surface area contributed by atoms with Gasteiger partial charge < -0.3 is 4.90 Å². The van der Waals surface area contributed by atoms with Gasteiger partial charge in [0.25, 0.3) is 0 Å². The Balaban J connectivity index is 2.68. The van der Waals surface area contributed by atoms with Crippen LogP contribution in [0.25, 0.3) is 0 Å². The Morgan fingerprint density at radius 1 is 1.26 bits per heavy atom. The molecule has 3 nitrogen and oxygen atoms in total. The van der Waals surface area contributed by atoms with E-state index in [-0.39, 0.29) is 17.6 Å². The highest BCUT2D eigenvalue weighted by Gasteiger charge is 2.18. The van der Waals surface area contributed by atoms with E-state index < -0.39 is 0 Å². The molecule has 1 aromatic rings. The lowest BCUT2D eigenvalue weighted by molar-refractivity contribution is -0.124. The van der Waals surface area contributed by atoms with Crippen molar-refractivity contribution in [2.75, 3.05) is 13.6 Å². The third-order valence-corrected chi connectivity index (χ3v) is 3.23. The van der Waals surface area contributed by atoms with E-state index in [1.807, 2.05) is 32.0 Å². The Hall–Kier alpha value is -1.64. The highest BCUT2D eigenvalue weighted by molar-refractivity contribution is 5.80. The van der Waals surface area contributed by atoms with Gasteiger partial charge in [-0.1, -0.05) is 44.2 Å². The molecular formula is C16H23NO2. The fourth-order valence-corrected chi connectivity index (χ4v) is 2.12. The van der Waals surface area contributed by atoms with E-state index in [4.69, 9.17) is 0 Å². The molecule has 1 rings (SSSR count). The molecule has 0 heterocycles. The molecule has 0 radical (unpaired) electrons. The zero-order valence-electron chi connectivity index (χ0n) is 12.0. The van der Waals surface area contributed by atoms with Crippen LogP contribution in [-0.4, -0.2) is 30.7 Å². The molecule has 0 aliphatic heterocycles. The quantitative estimate of drug-likeness (QED) is 0.674. The van der Waals surface area contributed by atoms with E-state index >= 15 is 0 Å². The molecule has 0 bridgehead atoms. The SMILES string of the molecule is CC(C)C(=O)C[C@@H](Cc1ccccc1)CN(C)C=O. The van der Waals surface area contributed by atoms with Crippen molar-refractivity contribution < 1.29 is 9.59 Å². The Morgan fingerprint density at radius 2 is 1.89 bits per heavy atom. The summed E-state index contributed by atoms with van der Waals surface area (Å²) in [5.74, 6) is 0.507. The molecule has 3 heteroatoms. The summed E-state index contributed by atoms with van der Waals surface area (Å²) in [6.07, 6.45) is 2.18. The summed E-state index contributed by atoms with van der Waals surface area (Å²) in [6.45, 7) is 4.47. The van der Waals surface area contributed by atoms with Gasteiger partial charge in [0, 0.05) is 25.9 Å². The molecule has 0 aliphatic carbocycles. The van der Waals surface area contributed by atoms with E-state index in [0.717, 1.165) is 12.8 Å². The molecule has 0 unspecified atom stereocenters. The molecule has 19 heavy (non-hydrogen) atoms. The number of rotatable bonds is 8. The van der Waals surface area contributed by atoms with Gasteiger partial charge in [-0.25, -0.2) is 0 Å². The third kappa shape index (κ3) is 5.69. The minimum atomic E-state index is 0.0554. The first kappa shape index (κ1) is 15.4. The Morgan fingerprint density at radius 3 is 2.42 bits per heavy atom. The van der Waals surface area contributed by atoms with Crippen molar-refractivity contribution in [2.45, 2.75) is 26.7 Å². The van der Waals surface area contributed by atoms with Gasteiger partial charge in [-0.05, 0) is 17.9 Å². The van der Waals surface area contributed by atoms with Crippen LogP contribution in [0.3, 0.4) is 0 Å². The molecular weight excluding hydrogens is 238 g/mol. The fraction of sp³-hybridized carbons (Fsp3) is 0.500. The van der Waals surface area contributed by atoms with E-state index in [9.17, 15) is 9.59 Å². The molecule has 0 aromatic heterocycles. The second-order valence-electron chi connectivity index (χ2n) is 5.43. The van der Waals surface area contributed by atoms with E-state index in [2.05, 4.69) is 12.1 Å². The number of amides is 1. The van der Waals surface area contributed by atoms with Gasteiger partial charge in [-0.2, -0.15) is 0 Å². The highest BCUT2D eigenvalue weighted by atomic mass is 16.1. The molecule has 0 spiro atoms. The fourth-order valence-electron chi connectivity index (χ4n) is 2.12. The zero-order chi connectivity index (χ0) is 14.3. The Labute approximate surface area is 115 Å². The van der Waals surface area contributed by atoms with Gasteiger partial charge in [-0.15, -0.1) is 0 Å². The van der Waals surface area contributed by atoms with Gasteiger partial charge in [-0.3, -0.25) is 9.59 Å². The summed E-state index contributed by atoms with van der Waals surface area (Å²) in [4.78, 5) is 24.3. The van der Waals surface area contributed by atoms with Crippen molar-refractivity contribution >= 4 is 12.2 Å². The second kappa shape index (κ2) is 7.72. The van der Waals surface area contributed by atoms with Crippen LogP contribution < -0.4 is 0 Å². The second-order valence-corrected chi connectivity index (χ2v) is 5.43. The van der Waals surface area contributed by atoms with E-state index in [0.29, 0.717) is 13.0 Å². The van der Waals surface area contributed by atoms with Gasteiger partial charge >= 0.3 is 0 Å². The lowest BCUT2D eigenvalue weighted by atomic mass is 9.90. The molecule has 0 fully saturated rings. The first-order chi connectivity index (χ1) is 9.02. The lowest BCUT2D eigenvalue weighted by Crippen LogP contribution is -2.28. The first-order valence-corrected chi connectivity index (χ1v) is 6.75. The van der Waals surface area contributed by atoms with E-state index in [1.165, 1.54) is 5.56 Å². The monoisotopic (exact) mass is 261 g/mol. The van der Waals surface area contributed by atoms with Crippen LogP contribution in [-0.2, 0) is 16.0 Å². The van der Waals surface area contributed by atoms with Crippen LogP contribution in [0.4, 0.5) is 0 Å². The van der Waals surface area contributed by atoms with E-state index in [1.54, 1.807) is 11.9 Å². The molecule has 0 aliphatic rings. The molecule has 104 valence electrons. The highest BCUT2D eigenvalue weighted by Crippen LogP contribution is 2.16. The Kier molecular flexibility index (Phi) is 6.26. The molecule has 1 amide bonds. The van der Waals surface area contributed by atoms with Crippen LogP contribution in [0.2, 0.25) is 0 Å². The van der Waals surface area contributed by atoms with Crippen molar-refractivity contribution in [3.8, 4) is 0 Å². The molecule has 1 atom stereocenters. The summed E-state index contributed by atoms with van der Waals surface area (Å²) in [5.41, 5.74) is 1.21. The van der Waals surface area contributed by atoms with Crippen molar-refractivity contribution in [3.63, 3.8) is 0 Å². The molecule has 1 aromatic carbocycles. The Bertz CT molecular complexity index is 400. The number of benzene rings is 1. The normalized spacial score (nSPS) is 12.2. The number of nitrogens with zero attached hydrogens (tertiary/aromatic N) is 1. The maximum atomic E-state index is 11.9. The number of carbonyl (C=O) groups excluding carboxylic acids is 2. The van der Waals surface area contributed by atoms with Crippen LogP contribution in [0.15, 0.2) is 30.3 Å². The van der Waals surface area contributed by atoms with Gasteiger partial charge in [0.15, 0.2) is 0 Å². The standard InChI is InChI=1S/C16H23NO2/c1-13(2)16(19)10-15(11-17(3)12-18)9-14-7-5-4-6-8-14/h4-8,12-13,15H,9-11H2,1-3H3/t15-/m1/s1. The lowest BCUT2D eigenvalue weighted by Gasteiger charge is -2.21. The molecule has 0 N–H and O–H groups in total. The maximum absolute atomic E-state index is 11.9. The van der Waals surface area contributed by atoms with Crippen molar-refractivity contribution in [3.05, 3.63) is 35.9 Å². The van der Waals surface area contributed by atoms with Crippen LogP contribution in [0.1, 0.15) is 25.8 Å². The first-order valence-electron chi connectivity index (χ1n) is 6.75. The zero-order valence-corrected chi connectivity index (χ0v) is 12.0. The van der Waals surface area contributed by atoms with Crippen molar-refractivity contribution in [1.29, 1.82) is 0 Å². The largest absolute Gasteiger partial charge is 0.348 e.